The zero-order chi connectivity index (χ0) is 18.4. The minimum absolute atomic E-state index is 0.316. The van der Waals surface area contributed by atoms with Crippen LogP contribution in [0.1, 0.15) is 30.4 Å². The lowest BCUT2D eigenvalue weighted by molar-refractivity contribution is -0.133. The van der Waals surface area contributed by atoms with Crippen molar-refractivity contribution < 1.29 is 9.53 Å². The second-order valence-electron chi connectivity index (χ2n) is 7.68. The summed E-state index contributed by atoms with van der Waals surface area (Å²) in [5.74, 6) is 1.31. The Morgan fingerprint density at radius 1 is 0.962 bits per heavy atom. The van der Waals surface area contributed by atoms with Crippen LogP contribution in [-0.2, 0) is 4.79 Å². The van der Waals surface area contributed by atoms with E-state index in [-0.39, 0.29) is 0 Å². The molecular formula is C21H33N3O2. The molecule has 5 heteroatoms. The van der Waals surface area contributed by atoms with E-state index in [9.17, 15) is 4.79 Å². The van der Waals surface area contributed by atoms with Gasteiger partial charge in [-0.2, -0.15) is 0 Å². The van der Waals surface area contributed by atoms with Gasteiger partial charge in [-0.25, -0.2) is 0 Å². The van der Waals surface area contributed by atoms with Gasteiger partial charge in [-0.15, -0.1) is 0 Å². The average molecular weight is 360 g/mol. The summed E-state index contributed by atoms with van der Waals surface area (Å²) in [5.41, 5.74) is 2.43. The van der Waals surface area contributed by atoms with Gasteiger partial charge in [0, 0.05) is 45.8 Å². The summed E-state index contributed by atoms with van der Waals surface area (Å²) in [6.07, 6.45) is 3.60. The topological polar surface area (TPSA) is 36.0 Å². The van der Waals surface area contributed by atoms with Gasteiger partial charge in [0.1, 0.15) is 12.4 Å². The normalized spacial score (nSPS) is 19.5. The summed E-state index contributed by atoms with van der Waals surface area (Å²) in [4.78, 5) is 19.2. The van der Waals surface area contributed by atoms with Crippen molar-refractivity contribution >= 4 is 5.91 Å². The van der Waals surface area contributed by atoms with Gasteiger partial charge < -0.3 is 9.64 Å². The zero-order valence-corrected chi connectivity index (χ0v) is 16.4. The molecule has 1 aromatic rings. The molecule has 0 radical (unpaired) electrons. The minimum atomic E-state index is 0.316. The highest BCUT2D eigenvalue weighted by molar-refractivity contribution is 5.78. The molecule has 2 saturated heterocycles. The Labute approximate surface area is 157 Å². The number of hydrogen-bond donors (Lipinski definition) is 0. The number of rotatable bonds is 6. The number of carbonyl (C=O) groups is 1. The van der Waals surface area contributed by atoms with Crippen LogP contribution in [0.4, 0.5) is 0 Å². The first-order chi connectivity index (χ1) is 12.6. The third-order valence-corrected chi connectivity index (χ3v) is 5.54. The van der Waals surface area contributed by atoms with Crippen molar-refractivity contribution in [2.24, 2.45) is 0 Å². The third kappa shape index (κ3) is 5.45. The highest BCUT2D eigenvalue weighted by atomic mass is 16.5. The van der Waals surface area contributed by atoms with Crippen LogP contribution in [0.2, 0.25) is 0 Å². The quantitative estimate of drug-likeness (QED) is 0.781. The Morgan fingerprint density at radius 2 is 1.65 bits per heavy atom. The molecule has 1 amide bonds. The van der Waals surface area contributed by atoms with E-state index in [2.05, 4.69) is 41.8 Å². The molecule has 144 valence electrons. The third-order valence-electron chi connectivity index (χ3n) is 5.54. The van der Waals surface area contributed by atoms with Crippen LogP contribution in [-0.4, -0.2) is 79.6 Å². The largest absolute Gasteiger partial charge is 0.492 e. The Bertz CT molecular complexity index is 591. The molecule has 0 atom stereocenters. The first-order valence-electron chi connectivity index (χ1n) is 10.0. The van der Waals surface area contributed by atoms with E-state index in [4.69, 9.17) is 4.74 Å². The number of benzene rings is 1. The van der Waals surface area contributed by atoms with Crippen LogP contribution >= 0.6 is 0 Å². The van der Waals surface area contributed by atoms with Gasteiger partial charge in [-0.3, -0.25) is 14.6 Å². The van der Waals surface area contributed by atoms with Crippen molar-refractivity contribution in [1.29, 1.82) is 0 Å². The zero-order valence-electron chi connectivity index (χ0n) is 16.4. The molecule has 0 bridgehead atoms. The molecule has 0 aliphatic carbocycles. The maximum Gasteiger partial charge on any atom is 0.236 e. The Balaban J connectivity index is 1.34. The summed E-state index contributed by atoms with van der Waals surface area (Å²) in [5, 5.41) is 0. The predicted octanol–water partition coefficient (Wildman–Crippen LogP) is 2.31. The van der Waals surface area contributed by atoms with Gasteiger partial charge in [0.2, 0.25) is 5.91 Å². The Kier molecular flexibility index (Phi) is 6.92. The fourth-order valence-corrected chi connectivity index (χ4v) is 3.75. The molecule has 0 N–H and O–H groups in total. The number of nitrogens with zero attached hydrogens (tertiary/aromatic N) is 3. The summed E-state index contributed by atoms with van der Waals surface area (Å²) < 4.78 is 5.98. The molecule has 0 spiro atoms. The monoisotopic (exact) mass is 359 g/mol. The average Bonchev–Trinajstić information content (AvgIpc) is 2.66. The van der Waals surface area contributed by atoms with Crippen molar-refractivity contribution in [3.8, 4) is 5.75 Å². The first kappa shape index (κ1) is 19.2. The maximum atomic E-state index is 12.4. The number of likely N-dealkylation sites (tertiary alicyclic amines) is 1. The number of piperidine rings is 1. The van der Waals surface area contributed by atoms with Crippen molar-refractivity contribution in [3.63, 3.8) is 0 Å². The summed E-state index contributed by atoms with van der Waals surface area (Å²) in [6.45, 7) is 12.3. The Morgan fingerprint density at radius 3 is 2.38 bits per heavy atom. The highest BCUT2D eigenvalue weighted by Gasteiger charge is 2.22. The van der Waals surface area contributed by atoms with Crippen LogP contribution < -0.4 is 4.74 Å². The lowest BCUT2D eigenvalue weighted by Gasteiger charge is -2.36. The van der Waals surface area contributed by atoms with Gasteiger partial charge >= 0.3 is 0 Å². The molecule has 2 aliphatic rings. The number of ether oxygens (including phenoxy) is 1. The van der Waals surface area contributed by atoms with Crippen LogP contribution in [0.15, 0.2) is 18.2 Å². The van der Waals surface area contributed by atoms with E-state index in [1.165, 1.54) is 30.4 Å². The maximum absolute atomic E-state index is 12.4. The van der Waals surface area contributed by atoms with Gasteiger partial charge in [-0.1, -0.05) is 12.1 Å². The lowest BCUT2D eigenvalue weighted by atomic mass is 10.1. The van der Waals surface area contributed by atoms with E-state index >= 15 is 0 Å². The van der Waals surface area contributed by atoms with Crippen LogP contribution in [0.5, 0.6) is 5.75 Å². The minimum Gasteiger partial charge on any atom is -0.492 e. The van der Waals surface area contributed by atoms with Crippen molar-refractivity contribution in [2.75, 3.05) is 59.0 Å². The van der Waals surface area contributed by atoms with E-state index in [0.29, 0.717) is 12.5 Å². The second-order valence-corrected chi connectivity index (χ2v) is 7.68. The van der Waals surface area contributed by atoms with E-state index in [1.807, 2.05) is 4.90 Å². The van der Waals surface area contributed by atoms with Gasteiger partial charge in [0.15, 0.2) is 0 Å². The molecule has 1 aromatic carbocycles. The molecule has 3 rings (SSSR count). The number of piperazine rings is 1. The molecule has 0 saturated carbocycles. The van der Waals surface area contributed by atoms with Crippen LogP contribution in [0.3, 0.4) is 0 Å². The summed E-state index contributed by atoms with van der Waals surface area (Å²) in [6, 6.07) is 6.34. The predicted molar refractivity (Wildman–Crippen MR) is 105 cm³/mol. The molecule has 5 nitrogen and oxygen atoms in total. The van der Waals surface area contributed by atoms with Gasteiger partial charge in [0.05, 0.1) is 6.54 Å². The molecule has 2 fully saturated rings. The number of hydrogen-bond acceptors (Lipinski definition) is 4. The number of carbonyl (C=O) groups excluding carboxylic acids is 1. The molecule has 0 aromatic heterocycles. The molecule has 26 heavy (non-hydrogen) atoms. The highest BCUT2D eigenvalue weighted by Crippen LogP contribution is 2.19. The smallest absolute Gasteiger partial charge is 0.236 e. The van der Waals surface area contributed by atoms with Crippen molar-refractivity contribution in [3.05, 3.63) is 29.3 Å². The number of aryl methyl sites for hydroxylation is 2. The molecule has 2 heterocycles. The molecule has 2 aliphatic heterocycles. The summed E-state index contributed by atoms with van der Waals surface area (Å²) >= 11 is 0. The second kappa shape index (κ2) is 9.38. The van der Waals surface area contributed by atoms with Crippen molar-refractivity contribution in [1.82, 2.24) is 14.7 Å². The SMILES string of the molecule is Cc1ccc(C)c(OCCN2CCN(CC(=O)N3CCCCC3)CC2)c1. The molecular weight excluding hydrogens is 326 g/mol. The lowest BCUT2D eigenvalue weighted by Crippen LogP contribution is -2.51. The van der Waals surface area contributed by atoms with E-state index < -0.39 is 0 Å². The van der Waals surface area contributed by atoms with E-state index in [1.54, 1.807) is 0 Å². The van der Waals surface area contributed by atoms with Crippen LogP contribution in [0.25, 0.3) is 0 Å². The number of amides is 1. The van der Waals surface area contributed by atoms with E-state index in [0.717, 1.165) is 58.2 Å². The van der Waals surface area contributed by atoms with Gasteiger partial charge in [-0.05, 0) is 50.3 Å². The summed E-state index contributed by atoms with van der Waals surface area (Å²) in [7, 11) is 0. The standard InChI is InChI=1S/C21H33N3O2/c1-18-6-7-19(2)20(16-18)26-15-14-22-10-12-23(13-11-22)17-21(25)24-8-4-3-5-9-24/h6-7,16H,3-5,8-15,17H2,1-2H3. The molecule has 0 unspecified atom stereocenters. The Hall–Kier alpha value is -1.59. The van der Waals surface area contributed by atoms with Crippen molar-refractivity contribution in [2.45, 2.75) is 33.1 Å². The first-order valence-corrected chi connectivity index (χ1v) is 10.0. The fraction of sp³-hybridized carbons (Fsp3) is 0.667. The van der Waals surface area contributed by atoms with Crippen LogP contribution in [0, 0.1) is 13.8 Å². The fourth-order valence-electron chi connectivity index (χ4n) is 3.75. The van der Waals surface area contributed by atoms with Gasteiger partial charge in [0.25, 0.3) is 0 Å².